The van der Waals surface area contributed by atoms with Gasteiger partial charge in [-0.2, -0.15) is 13.9 Å². The molecule has 0 saturated heterocycles. The molecule has 7 heteroatoms. The summed E-state index contributed by atoms with van der Waals surface area (Å²) >= 11 is 0. The van der Waals surface area contributed by atoms with Crippen molar-refractivity contribution < 1.29 is 18.3 Å². The van der Waals surface area contributed by atoms with E-state index in [0.29, 0.717) is 5.82 Å². The fraction of sp³-hybridized carbons (Fsp3) is 0.357. The Balaban J connectivity index is 2.22. The summed E-state index contributed by atoms with van der Waals surface area (Å²) in [5.74, 6) is 0.0103. The number of aromatic nitrogens is 3. The van der Waals surface area contributed by atoms with Crippen molar-refractivity contribution >= 4 is 5.78 Å². The van der Waals surface area contributed by atoms with E-state index in [1.165, 1.54) is 24.5 Å². The Hall–Kier alpha value is -2.31. The molecular formula is C14H15F2N3O2. The molecule has 0 amide bonds. The van der Waals surface area contributed by atoms with Crippen LogP contribution in [0.1, 0.15) is 36.1 Å². The molecule has 0 aliphatic rings. The van der Waals surface area contributed by atoms with Crippen LogP contribution in [-0.2, 0) is 6.42 Å². The Labute approximate surface area is 120 Å². The molecule has 112 valence electrons. The minimum absolute atomic E-state index is 0.0260. The van der Waals surface area contributed by atoms with Crippen molar-refractivity contribution in [2.24, 2.45) is 0 Å². The molecule has 2 rings (SSSR count). The lowest BCUT2D eigenvalue weighted by atomic mass is 10.1. The number of ether oxygens (including phenoxy) is 1. The summed E-state index contributed by atoms with van der Waals surface area (Å²) in [7, 11) is 0. The fourth-order valence-corrected chi connectivity index (χ4v) is 1.97. The first kappa shape index (κ1) is 15.1. The molecule has 0 unspecified atom stereocenters. The number of carbonyl (C=O) groups is 1. The van der Waals surface area contributed by atoms with Gasteiger partial charge in [-0.15, -0.1) is 0 Å². The van der Waals surface area contributed by atoms with Gasteiger partial charge in [-0.1, -0.05) is 12.1 Å². The molecule has 0 fully saturated rings. The molecule has 0 radical (unpaired) electrons. The third kappa shape index (κ3) is 3.62. The van der Waals surface area contributed by atoms with Crippen LogP contribution < -0.4 is 4.74 Å². The van der Waals surface area contributed by atoms with Crippen LogP contribution >= 0.6 is 0 Å². The normalized spacial score (nSPS) is 11.1. The zero-order chi connectivity index (χ0) is 15.4. The van der Waals surface area contributed by atoms with Crippen LogP contribution in [0.25, 0.3) is 0 Å². The van der Waals surface area contributed by atoms with Crippen molar-refractivity contribution in [3.8, 4) is 5.75 Å². The number of halogens is 2. The van der Waals surface area contributed by atoms with E-state index in [-0.39, 0.29) is 29.6 Å². The standard InChI is InChI=1S/C14H15F2N3O2/c1-9(2)19-13(17-8-18-19)7-11(20)10-5-3-4-6-12(10)21-14(15)16/h3-6,8-9,14H,7H2,1-2H3. The summed E-state index contributed by atoms with van der Waals surface area (Å²) < 4.78 is 30.7. The Kier molecular flexibility index (Phi) is 4.62. The Morgan fingerprint density at radius 2 is 2.05 bits per heavy atom. The zero-order valence-corrected chi connectivity index (χ0v) is 11.7. The van der Waals surface area contributed by atoms with Gasteiger partial charge in [-0.05, 0) is 26.0 Å². The van der Waals surface area contributed by atoms with Crippen LogP contribution in [-0.4, -0.2) is 27.2 Å². The molecule has 1 aromatic heterocycles. The highest BCUT2D eigenvalue weighted by molar-refractivity contribution is 5.99. The molecule has 21 heavy (non-hydrogen) atoms. The monoisotopic (exact) mass is 295 g/mol. The van der Waals surface area contributed by atoms with Gasteiger partial charge >= 0.3 is 6.61 Å². The molecular weight excluding hydrogens is 280 g/mol. The van der Waals surface area contributed by atoms with Crippen LogP contribution in [0.5, 0.6) is 5.75 Å². The summed E-state index contributed by atoms with van der Waals surface area (Å²) in [6.07, 6.45) is 1.34. The molecule has 0 saturated carbocycles. The predicted octanol–water partition coefficient (Wildman–Crippen LogP) is 2.89. The van der Waals surface area contributed by atoms with Gasteiger partial charge in [-0.25, -0.2) is 9.67 Å². The maximum atomic E-state index is 12.4. The number of para-hydroxylation sites is 1. The SMILES string of the molecule is CC(C)n1ncnc1CC(=O)c1ccccc1OC(F)F. The maximum Gasteiger partial charge on any atom is 0.387 e. The lowest BCUT2D eigenvalue weighted by Crippen LogP contribution is -2.14. The smallest absolute Gasteiger partial charge is 0.387 e. The summed E-state index contributed by atoms with van der Waals surface area (Å²) in [6.45, 7) is 0.853. The van der Waals surface area contributed by atoms with Gasteiger partial charge < -0.3 is 4.74 Å². The number of nitrogens with zero attached hydrogens (tertiary/aromatic N) is 3. The number of carbonyl (C=O) groups excluding carboxylic acids is 1. The average molecular weight is 295 g/mol. The number of hydrogen-bond acceptors (Lipinski definition) is 4. The van der Waals surface area contributed by atoms with Crippen LogP contribution in [0.15, 0.2) is 30.6 Å². The third-order valence-corrected chi connectivity index (χ3v) is 2.86. The number of hydrogen-bond donors (Lipinski definition) is 0. The number of benzene rings is 1. The molecule has 0 aliphatic heterocycles. The third-order valence-electron chi connectivity index (χ3n) is 2.86. The summed E-state index contributed by atoms with van der Waals surface area (Å²) in [5, 5.41) is 4.04. The number of rotatable bonds is 6. The van der Waals surface area contributed by atoms with Gasteiger partial charge in [0, 0.05) is 6.04 Å². The van der Waals surface area contributed by atoms with E-state index in [1.807, 2.05) is 13.8 Å². The topological polar surface area (TPSA) is 57.0 Å². The lowest BCUT2D eigenvalue weighted by molar-refractivity contribution is -0.0501. The minimum Gasteiger partial charge on any atom is -0.434 e. The van der Waals surface area contributed by atoms with E-state index in [4.69, 9.17) is 0 Å². The van der Waals surface area contributed by atoms with Gasteiger partial charge in [0.05, 0.1) is 12.0 Å². The van der Waals surface area contributed by atoms with E-state index in [2.05, 4.69) is 14.8 Å². The first-order valence-electron chi connectivity index (χ1n) is 6.44. The number of ketones is 1. The van der Waals surface area contributed by atoms with Crippen LogP contribution in [0, 0.1) is 0 Å². The number of alkyl halides is 2. The van der Waals surface area contributed by atoms with Crippen molar-refractivity contribution in [1.29, 1.82) is 0 Å². The molecule has 2 aromatic rings. The van der Waals surface area contributed by atoms with Gasteiger partial charge in [0.25, 0.3) is 0 Å². The molecule has 0 atom stereocenters. The molecule has 1 aromatic carbocycles. The van der Waals surface area contributed by atoms with Crippen LogP contribution in [0.4, 0.5) is 8.78 Å². The zero-order valence-electron chi connectivity index (χ0n) is 11.7. The molecule has 1 heterocycles. The largest absolute Gasteiger partial charge is 0.434 e. The van der Waals surface area contributed by atoms with Gasteiger partial charge in [0.2, 0.25) is 0 Å². The highest BCUT2D eigenvalue weighted by atomic mass is 19.3. The second-order valence-electron chi connectivity index (χ2n) is 4.69. The van der Waals surface area contributed by atoms with Crippen molar-refractivity contribution in [3.05, 3.63) is 42.0 Å². The van der Waals surface area contributed by atoms with E-state index in [9.17, 15) is 13.6 Å². The quantitative estimate of drug-likeness (QED) is 0.769. The molecule has 0 spiro atoms. The van der Waals surface area contributed by atoms with Crippen LogP contribution in [0.3, 0.4) is 0 Å². The average Bonchev–Trinajstić information content (AvgIpc) is 2.86. The Morgan fingerprint density at radius 1 is 1.33 bits per heavy atom. The van der Waals surface area contributed by atoms with E-state index in [0.717, 1.165) is 0 Å². The van der Waals surface area contributed by atoms with Gasteiger partial charge in [0.15, 0.2) is 5.78 Å². The lowest BCUT2D eigenvalue weighted by Gasteiger charge is -2.11. The molecule has 0 aliphatic carbocycles. The molecule has 0 N–H and O–H groups in total. The van der Waals surface area contributed by atoms with Crippen molar-refractivity contribution in [3.63, 3.8) is 0 Å². The molecule has 0 bridgehead atoms. The fourth-order valence-electron chi connectivity index (χ4n) is 1.97. The van der Waals surface area contributed by atoms with Gasteiger partial charge in [0.1, 0.15) is 17.9 Å². The van der Waals surface area contributed by atoms with E-state index < -0.39 is 6.61 Å². The molecule has 5 nitrogen and oxygen atoms in total. The number of Topliss-reactive ketones (excluding diaryl/α,β-unsaturated/α-hetero) is 1. The van der Waals surface area contributed by atoms with Crippen LogP contribution in [0.2, 0.25) is 0 Å². The summed E-state index contributed by atoms with van der Waals surface area (Å²) in [4.78, 5) is 16.3. The van der Waals surface area contributed by atoms with Crippen molar-refractivity contribution in [1.82, 2.24) is 14.8 Å². The summed E-state index contributed by atoms with van der Waals surface area (Å²) in [5.41, 5.74) is 0.108. The first-order chi connectivity index (χ1) is 9.99. The summed E-state index contributed by atoms with van der Waals surface area (Å²) in [6, 6.07) is 5.98. The minimum atomic E-state index is -2.97. The van der Waals surface area contributed by atoms with Crippen molar-refractivity contribution in [2.45, 2.75) is 32.9 Å². The highest BCUT2D eigenvalue weighted by Gasteiger charge is 2.18. The van der Waals surface area contributed by atoms with Crippen molar-refractivity contribution in [2.75, 3.05) is 0 Å². The van der Waals surface area contributed by atoms with E-state index in [1.54, 1.807) is 10.7 Å². The first-order valence-corrected chi connectivity index (χ1v) is 6.44. The predicted molar refractivity (Wildman–Crippen MR) is 71.5 cm³/mol. The van der Waals surface area contributed by atoms with Gasteiger partial charge in [-0.3, -0.25) is 4.79 Å². The second-order valence-corrected chi connectivity index (χ2v) is 4.69. The second kappa shape index (κ2) is 6.43. The highest BCUT2D eigenvalue weighted by Crippen LogP contribution is 2.22. The maximum absolute atomic E-state index is 12.4. The van der Waals surface area contributed by atoms with E-state index >= 15 is 0 Å². The Morgan fingerprint density at radius 3 is 2.71 bits per heavy atom. The Bertz CT molecular complexity index is 626.